The van der Waals surface area contributed by atoms with E-state index >= 15 is 0 Å². The van der Waals surface area contributed by atoms with E-state index in [-0.39, 0.29) is 18.3 Å². The molecule has 1 amide bonds. The minimum Gasteiger partial charge on any atom is -0.308 e. The second-order valence-corrected chi connectivity index (χ2v) is 6.67. The minimum atomic E-state index is -0.343. The average Bonchev–Trinajstić information content (AvgIpc) is 2.45. The fourth-order valence-corrected chi connectivity index (χ4v) is 3.29. The summed E-state index contributed by atoms with van der Waals surface area (Å²) in [6.45, 7) is 0.207. The van der Waals surface area contributed by atoms with E-state index in [0.717, 1.165) is 21.2 Å². The Bertz CT molecular complexity index is 719. The summed E-state index contributed by atoms with van der Waals surface area (Å²) in [5, 5.41) is 0.471. The number of fused-ring (bicyclic) bond motifs is 1. The highest BCUT2D eigenvalue weighted by Crippen LogP contribution is 2.31. The molecule has 0 bridgehead atoms. The first-order chi connectivity index (χ1) is 10.0. The van der Waals surface area contributed by atoms with Crippen LogP contribution in [0.4, 0.5) is 10.1 Å². The third kappa shape index (κ3) is 3.06. The Kier molecular flexibility index (Phi) is 4.17. The van der Waals surface area contributed by atoms with Gasteiger partial charge in [0.05, 0.1) is 6.54 Å². The van der Waals surface area contributed by atoms with E-state index in [1.54, 1.807) is 11.0 Å². The number of carbonyl (C=O) groups is 1. The number of rotatable bonds is 2. The molecule has 2 aromatic carbocycles. The zero-order valence-electron chi connectivity index (χ0n) is 11.1. The van der Waals surface area contributed by atoms with Gasteiger partial charge in [-0.3, -0.25) is 4.79 Å². The Morgan fingerprint density at radius 3 is 2.81 bits per heavy atom. The molecule has 3 rings (SSSR count). The van der Waals surface area contributed by atoms with E-state index in [2.05, 4.69) is 28.7 Å². The summed E-state index contributed by atoms with van der Waals surface area (Å²) in [4.78, 5) is 13.9. The van der Waals surface area contributed by atoms with Crippen molar-refractivity contribution in [2.45, 2.75) is 19.4 Å². The molecule has 0 radical (unpaired) electrons. The molecular weight excluding hydrogens is 404 g/mol. The number of aryl methyl sites for hydroxylation is 1. The van der Waals surface area contributed by atoms with Gasteiger partial charge in [-0.2, -0.15) is 0 Å². The van der Waals surface area contributed by atoms with Gasteiger partial charge in [0.2, 0.25) is 5.91 Å². The van der Waals surface area contributed by atoms with Crippen molar-refractivity contribution in [3.63, 3.8) is 0 Å². The average molecular weight is 416 g/mol. The maximum atomic E-state index is 13.9. The number of hydrogen-bond acceptors (Lipinski definition) is 1. The summed E-state index contributed by atoms with van der Waals surface area (Å²) in [7, 11) is 0. The van der Waals surface area contributed by atoms with E-state index in [1.807, 2.05) is 12.1 Å². The molecule has 0 saturated heterocycles. The second-order valence-electron chi connectivity index (χ2n) is 4.99. The summed E-state index contributed by atoms with van der Waals surface area (Å²) >= 11 is 8.17. The van der Waals surface area contributed by atoms with Crippen LogP contribution >= 0.6 is 34.2 Å². The number of anilines is 1. The van der Waals surface area contributed by atoms with Crippen molar-refractivity contribution in [3.8, 4) is 0 Å². The summed E-state index contributed by atoms with van der Waals surface area (Å²) in [5.74, 6) is -0.326. The molecule has 0 aliphatic carbocycles. The molecule has 0 fully saturated rings. The monoisotopic (exact) mass is 415 g/mol. The number of benzene rings is 2. The predicted molar refractivity (Wildman–Crippen MR) is 90.1 cm³/mol. The van der Waals surface area contributed by atoms with Crippen LogP contribution in [0.1, 0.15) is 17.5 Å². The van der Waals surface area contributed by atoms with Crippen LogP contribution in [0.25, 0.3) is 0 Å². The maximum Gasteiger partial charge on any atom is 0.227 e. The van der Waals surface area contributed by atoms with Crippen molar-refractivity contribution < 1.29 is 9.18 Å². The first kappa shape index (κ1) is 14.8. The molecule has 1 aliphatic heterocycles. The Morgan fingerprint density at radius 1 is 1.19 bits per heavy atom. The quantitative estimate of drug-likeness (QED) is 0.658. The Balaban J connectivity index is 1.98. The topological polar surface area (TPSA) is 20.3 Å². The van der Waals surface area contributed by atoms with Gasteiger partial charge in [-0.25, -0.2) is 4.39 Å². The summed E-state index contributed by atoms with van der Waals surface area (Å²) < 4.78 is 15.0. The highest BCUT2D eigenvalue weighted by Gasteiger charge is 2.25. The molecule has 1 aliphatic rings. The van der Waals surface area contributed by atoms with Crippen molar-refractivity contribution >= 4 is 45.8 Å². The lowest BCUT2D eigenvalue weighted by molar-refractivity contribution is -0.119. The Hall–Kier alpha value is -1.14. The van der Waals surface area contributed by atoms with Crippen LogP contribution in [0.15, 0.2) is 36.4 Å². The van der Waals surface area contributed by atoms with E-state index in [9.17, 15) is 9.18 Å². The molecule has 0 aromatic heterocycles. The standard InChI is InChI=1S/C16H12ClFINO/c17-12-2-4-14(18)11(7-12)9-20-15-5-3-13(19)8-10(15)1-6-16(20)21/h2-5,7-8H,1,6,9H2. The number of halogens is 3. The lowest BCUT2D eigenvalue weighted by Gasteiger charge is -2.29. The molecule has 1 heterocycles. The smallest absolute Gasteiger partial charge is 0.227 e. The van der Waals surface area contributed by atoms with Gasteiger partial charge in [0.15, 0.2) is 0 Å². The third-order valence-electron chi connectivity index (χ3n) is 3.58. The Labute approximate surface area is 141 Å². The van der Waals surface area contributed by atoms with Gasteiger partial charge < -0.3 is 4.90 Å². The van der Waals surface area contributed by atoms with Crippen LogP contribution in [0.5, 0.6) is 0 Å². The number of amides is 1. The molecule has 21 heavy (non-hydrogen) atoms. The van der Waals surface area contributed by atoms with Gasteiger partial charge in [0, 0.05) is 26.3 Å². The number of carbonyl (C=O) groups excluding carboxylic acids is 1. The van der Waals surface area contributed by atoms with Crippen molar-refractivity contribution in [3.05, 3.63) is 61.9 Å². The van der Waals surface area contributed by atoms with Crippen molar-refractivity contribution in [1.82, 2.24) is 0 Å². The molecule has 108 valence electrons. The lowest BCUT2D eigenvalue weighted by Crippen LogP contribution is -2.34. The van der Waals surface area contributed by atoms with Crippen LogP contribution in [-0.4, -0.2) is 5.91 Å². The zero-order chi connectivity index (χ0) is 15.0. The zero-order valence-corrected chi connectivity index (χ0v) is 14.0. The molecule has 0 N–H and O–H groups in total. The van der Waals surface area contributed by atoms with Gasteiger partial charge in [-0.15, -0.1) is 0 Å². The highest BCUT2D eigenvalue weighted by molar-refractivity contribution is 14.1. The molecule has 0 atom stereocenters. The molecule has 2 nitrogen and oxygen atoms in total. The van der Waals surface area contributed by atoms with Gasteiger partial charge in [0.25, 0.3) is 0 Å². The number of hydrogen-bond donors (Lipinski definition) is 0. The summed E-state index contributed by atoms with van der Waals surface area (Å²) in [5.41, 5.74) is 2.43. The maximum absolute atomic E-state index is 13.9. The third-order valence-corrected chi connectivity index (χ3v) is 4.48. The van der Waals surface area contributed by atoms with Crippen LogP contribution < -0.4 is 4.90 Å². The van der Waals surface area contributed by atoms with Gasteiger partial charge >= 0.3 is 0 Å². The van der Waals surface area contributed by atoms with E-state index in [1.165, 1.54) is 12.1 Å². The molecule has 0 unspecified atom stereocenters. The van der Waals surface area contributed by atoms with Crippen LogP contribution in [-0.2, 0) is 17.8 Å². The molecule has 2 aromatic rings. The van der Waals surface area contributed by atoms with E-state index in [0.29, 0.717) is 17.0 Å². The lowest BCUT2D eigenvalue weighted by atomic mass is 10.0. The van der Waals surface area contributed by atoms with Crippen LogP contribution in [0.3, 0.4) is 0 Å². The fourth-order valence-electron chi connectivity index (χ4n) is 2.54. The van der Waals surface area contributed by atoms with Gasteiger partial charge in [-0.1, -0.05) is 11.6 Å². The van der Waals surface area contributed by atoms with E-state index < -0.39 is 0 Å². The van der Waals surface area contributed by atoms with Crippen molar-refractivity contribution in [2.24, 2.45) is 0 Å². The largest absolute Gasteiger partial charge is 0.308 e. The van der Waals surface area contributed by atoms with Gasteiger partial charge in [-0.05, 0) is 71.0 Å². The fraction of sp³-hybridized carbons (Fsp3) is 0.188. The molecule has 0 saturated carbocycles. The second kappa shape index (κ2) is 5.93. The van der Waals surface area contributed by atoms with Crippen molar-refractivity contribution in [1.29, 1.82) is 0 Å². The first-order valence-corrected chi connectivity index (χ1v) is 8.03. The molecule has 5 heteroatoms. The Morgan fingerprint density at radius 2 is 2.00 bits per heavy atom. The first-order valence-electron chi connectivity index (χ1n) is 6.57. The van der Waals surface area contributed by atoms with E-state index in [4.69, 9.17) is 11.6 Å². The van der Waals surface area contributed by atoms with Crippen LogP contribution in [0, 0.1) is 9.39 Å². The predicted octanol–water partition coefficient (Wildman–Crippen LogP) is 4.56. The normalized spacial score (nSPS) is 14.2. The molecule has 0 spiro atoms. The SMILES string of the molecule is O=C1CCc2cc(I)ccc2N1Cc1cc(Cl)ccc1F. The number of nitrogens with zero attached hydrogens (tertiary/aromatic N) is 1. The summed E-state index contributed by atoms with van der Waals surface area (Å²) in [6.07, 6.45) is 1.19. The van der Waals surface area contributed by atoms with Crippen LogP contribution in [0.2, 0.25) is 5.02 Å². The van der Waals surface area contributed by atoms with Crippen molar-refractivity contribution in [2.75, 3.05) is 4.90 Å². The molecular formula is C16H12ClFINO. The van der Waals surface area contributed by atoms with Gasteiger partial charge in [0.1, 0.15) is 5.82 Å². The highest BCUT2D eigenvalue weighted by atomic mass is 127. The minimum absolute atomic E-state index is 0.0167. The summed E-state index contributed by atoms with van der Waals surface area (Å²) in [6, 6.07) is 10.4.